The first-order valence-corrected chi connectivity index (χ1v) is 34.3. The molecule has 4 heteroatoms. The second kappa shape index (κ2) is 13.0. The third kappa shape index (κ3) is 5.86. The minimum absolute atomic E-state index is 0.0861. The molecule has 0 radical (unpaired) electrons. The molecule has 48 heavy (non-hydrogen) atoms. The van der Waals surface area contributed by atoms with Crippen LogP contribution in [0.5, 0.6) is 0 Å². The first-order valence-electron chi connectivity index (χ1n) is 18.0. The van der Waals surface area contributed by atoms with Gasteiger partial charge in [0.2, 0.25) is 0 Å². The predicted molar refractivity (Wildman–Crippen MR) is 214 cm³/mol. The van der Waals surface area contributed by atoms with Crippen molar-refractivity contribution in [3.8, 4) is 22.3 Å². The Morgan fingerprint density at radius 3 is 1.69 bits per heavy atom. The molecule has 0 amide bonds. The van der Waals surface area contributed by atoms with E-state index < -0.39 is 21.5 Å². The van der Waals surface area contributed by atoms with E-state index in [0.717, 1.165) is 6.42 Å². The third-order valence-electron chi connectivity index (χ3n) is 11.7. The molecule has 0 aromatic heterocycles. The maximum absolute atomic E-state index is 8.63. The quantitative estimate of drug-likeness (QED) is 0.157. The Hall–Kier alpha value is -1.96. The molecular weight excluding hydrogens is 719 g/mol. The third-order valence-corrected chi connectivity index (χ3v) is 63.7. The Morgan fingerprint density at radius 1 is 0.708 bits per heavy atom. The van der Waals surface area contributed by atoms with Gasteiger partial charge in [-0.15, -0.1) is 0 Å². The summed E-state index contributed by atoms with van der Waals surface area (Å²) in [6.45, 7) is 23.2. The van der Waals surface area contributed by atoms with Gasteiger partial charge in [-0.2, -0.15) is 0 Å². The molecule has 3 atom stereocenters. The van der Waals surface area contributed by atoms with E-state index >= 15 is 0 Å². The Bertz CT molecular complexity index is 1910. The molecule has 2 aliphatic rings. The topological polar surface area (TPSA) is 0 Å². The first kappa shape index (κ1) is 35.9. The van der Waals surface area contributed by atoms with Crippen LogP contribution in [0, 0.1) is 5.92 Å². The van der Waals surface area contributed by atoms with E-state index in [1.54, 1.807) is 0 Å². The Labute approximate surface area is 299 Å². The standard InChI is InChI=1S/C22H25.C20H21.C2H7Si.2ClH.Zr/c1-15(2)18-13-17-7-6-8-20(21(17)14-18)16-9-11-19(12-10-16)22(3,4)5;1-4-15(3)16-8-10-17(11-9-16)19-7-5-6-18-12-14(2)13-20(18)19;1-3-2;;;/h6-15H,1-5H3;5-13,15H,4H2,1-3H3;3H,1-2H3;2*1H;/q;;;;;+2/p-2. The van der Waals surface area contributed by atoms with Crippen molar-refractivity contribution < 1.29 is 15.6 Å². The molecule has 0 saturated heterocycles. The van der Waals surface area contributed by atoms with Crippen LogP contribution >= 0.6 is 17.0 Å². The van der Waals surface area contributed by atoms with Gasteiger partial charge in [-0.05, 0) is 0 Å². The second-order valence-corrected chi connectivity index (χ2v) is 58.8. The number of allylic oxidation sites excluding steroid dienone is 2. The fraction of sp³-hybridized carbons (Fsp3) is 0.364. The zero-order valence-corrected chi connectivity index (χ0v) is 35.7. The zero-order chi connectivity index (χ0) is 34.8. The van der Waals surface area contributed by atoms with Crippen molar-refractivity contribution >= 4 is 35.1 Å². The number of halogens is 2. The minimum atomic E-state index is -4.81. The molecule has 2 aliphatic carbocycles. The molecule has 0 N–H and O–H groups in total. The van der Waals surface area contributed by atoms with Crippen molar-refractivity contribution in [1.29, 1.82) is 0 Å². The van der Waals surface area contributed by atoms with Gasteiger partial charge in [-0.25, -0.2) is 0 Å². The summed E-state index contributed by atoms with van der Waals surface area (Å²) < 4.78 is 0.173. The van der Waals surface area contributed by atoms with Crippen LogP contribution in [-0.2, 0) is 21.0 Å². The van der Waals surface area contributed by atoms with E-state index in [4.69, 9.17) is 17.0 Å². The zero-order valence-electron chi connectivity index (χ0n) is 30.6. The van der Waals surface area contributed by atoms with Crippen LogP contribution < -0.4 is 0 Å². The van der Waals surface area contributed by atoms with Crippen LogP contribution in [0.15, 0.2) is 96.1 Å². The number of hydrogen-bond donors (Lipinski definition) is 0. The molecule has 0 aliphatic heterocycles. The van der Waals surface area contributed by atoms with Gasteiger partial charge in [-0.3, -0.25) is 0 Å². The summed E-state index contributed by atoms with van der Waals surface area (Å²) in [6.07, 6.45) is 6.05. The van der Waals surface area contributed by atoms with E-state index in [2.05, 4.69) is 166 Å². The van der Waals surface area contributed by atoms with Gasteiger partial charge in [0, 0.05) is 0 Å². The second-order valence-electron chi connectivity index (χ2n) is 16.3. The predicted octanol–water partition coefficient (Wildman–Crippen LogP) is 14.1. The monoisotopic (exact) mass is 769 g/mol. The Morgan fingerprint density at radius 2 is 1.21 bits per heavy atom. The van der Waals surface area contributed by atoms with Gasteiger partial charge >= 0.3 is 302 Å². The normalized spacial score (nSPS) is 19.1. The fourth-order valence-corrected chi connectivity index (χ4v) is 40.7. The van der Waals surface area contributed by atoms with Gasteiger partial charge in [0.1, 0.15) is 0 Å². The number of fused-ring (bicyclic) bond motifs is 2. The van der Waals surface area contributed by atoms with Crippen molar-refractivity contribution in [3.05, 3.63) is 129 Å². The Balaban J connectivity index is 1.51. The Kier molecular flexibility index (Phi) is 9.69. The molecule has 4 aromatic carbocycles. The molecule has 0 heterocycles. The van der Waals surface area contributed by atoms with Crippen LogP contribution in [0.25, 0.3) is 34.4 Å². The van der Waals surface area contributed by atoms with E-state index in [9.17, 15) is 0 Å². The molecule has 0 saturated carbocycles. The van der Waals surface area contributed by atoms with Crippen molar-refractivity contribution in [1.82, 2.24) is 0 Å². The maximum atomic E-state index is 8.63. The van der Waals surface area contributed by atoms with E-state index in [-0.39, 0.29) is 12.7 Å². The molecule has 4 aromatic rings. The molecule has 0 bridgehead atoms. The number of hydrogen-bond acceptors (Lipinski definition) is 0. The molecule has 251 valence electrons. The summed E-state index contributed by atoms with van der Waals surface area (Å²) in [6, 6.07) is 32.2. The van der Waals surface area contributed by atoms with Crippen LogP contribution in [0.3, 0.4) is 0 Å². The summed E-state index contributed by atoms with van der Waals surface area (Å²) in [5.74, 6) is -0.720. The van der Waals surface area contributed by atoms with Crippen molar-refractivity contribution in [2.45, 2.75) is 93.5 Å². The van der Waals surface area contributed by atoms with Gasteiger partial charge < -0.3 is 0 Å². The van der Waals surface area contributed by atoms with Crippen molar-refractivity contribution in [3.63, 3.8) is 0 Å². The molecule has 0 spiro atoms. The van der Waals surface area contributed by atoms with Crippen molar-refractivity contribution in [2.24, 2.45) is 5.92 Å². The van der Waals surface area contributed by atoms with Crippen LogP contribution in [0.2, 0.25) is 13.1 Å². The average Bonchev–Trinajstić information content (AvgIpc) is 3.63. The molecule has 0 nitrogen and oxygen atoms in total. The fourth-order valence-electron chi connectivity index (χ4n) is 8.54. The number of benzene rings is 4. The van der Waals surface area contributed by atoms with Gasteiger partial charge in [-0.1, -0.05) is 0 Å². The molecule has 3 unspecified atom stereocenters. The average molecular weight is 772 g/mol. The van der Waals surface area contributed by atoms with Crippen molar-refractivity contribution in [2.75, 3.05) is 0 Å². The van der Waals surface area contributed by atoms with Crippen LogP contribution in [-0.4, -0.2) is 5.92 Å². The van der Waals surface area contributed by atoms with E-state index in [0.29, 0.717) is 11.8 Å². The van der Waals surface area contributed by atoms with E-state index in [1.165, 1.54) is 66.8 Å². The molecule has 6 rings (SSSR count). The first-order chi connectivity index (χ1) is 22.6. The summed E-state index contributed by atoms with van der Waals surface area (Å²) in [5.41, 5.74) is 16.1. The van der Waals surface area contributed by atoms with Crippen LogP contribution in [0.4, 0.5) is 0 Å². The van der Waals surface area contributed by atoms with Gasteiger partial charge in [0.05, 0.1) is 0 Å². The molecular formula is C44H53Cl2SiZr. The van der Waals surface area contributed by atoms with Gasteiger partial charge in [0.25, 0.3) is 0 Å². The number of rotatable bonds is 8. The van der Waals surface area contributed by atoms with Crippen LogP contribution in [0.1, 0.15) is 108 Å². The summed E-state index contributed by atoms with van der Waals surface area (Å²) in [5, 5.41) is 0. The SMILES string of the molecule is CCC(C)c1ccc(-c2cccc3c2C=C(C)[CH]3[Zr]([Cl])([Cl])([CH]2C(C(C)C)=Cc3c(-c4ccc(C(C)(C)C)cc4)cccc32)[SiH](C)C)cc1. The molecule has 0 fully saturated rings. The van der Waals surface area contributed by atoms with E-state index in [1.807, 2.05) is 0 Å². The summed E-state index contributed by atoms with van der Waals surface area (Å²) >= 11 is -4.81. The van der Waals surface area contributed by atoms with Gasteiger partial charge in [0.15, 0.2) is 0 Å². The summed E-state index contributed by atoms with van der Waals surface area (Å²) in [4.78, 5) is 0. The summed E-state index contributed by atoms with van der Waals surface area (Å²) in [7, 11) is 17.3.